The van der Waals surface area contributed by atoms with E-state index >= 15 is 0 Å². The molecule has 0 aromatic heterocycles. The van der Waals surface area contributed by atoms with E-state index in [1.165, 1.54) is 19.3 Å². The van der Waals surface area contributed by atoms with Crippen LogP contribution in [0.25, 0.3) is 0 Å². The number of amides is 1. The molecule has 1 heterocycles. The number of nitrogens with zero attached hydrogens (tertiary/aromatic N) is 1. The number of hydrogen-bond donors (Lipinski definition) is 1. The summed E-state index contributed by atoms with van der Waals surface area (Å²) < 4.78 is 0. The van der Waals surface area contributed by atoms with E-state index in [9.17, 15) is 4.79 Å². The van der Waals surface area contributed by atoms with Crippen LogP contribution in [0, 0.1) is 0 Å². The molecule has 18 heavy (non-hydrogen) atoms. The van der Waals surface area contributed by atoms with Gasteiger partial charge in [0.05, 0.1) is 11.4 Å². The van der Waals surface area contributed by atoms with Crippen LogP contribution in [0.1, 0.15) is 19.3 Å². The molecule has 1 amide bonds. The van der Waals surface area contributed by atoms with Crippen LogP contribution in [0.15, 0.2) is 24.3 Å². The molecule has 0 unspecified atom stereocenters. The predicted octanol–water partition coefficient (Wildman–Crippen LogP) is 3.28. The lowest BCUT2D eigenvalue weighted by Gasteiger charge is -2.30. The zero-order chi connectivity index (χ0) is 12.1. The number of benzene rings is 1. The minimum absolute atomic E-state index is 0. The second kappa shape index (κ2) is 7.49. The highest BCUT2D eigenvalue weighted by atomic mass is 35.5. The third-order valence-corrected chi connectivity index (χ3v) is 3.24. The lowest BCUT2D eigenvalue weighted by atomic mass is 10.1. The fourth-order valence-electron chi connectivity index (χ4n) is 2.17. The lowest BCUT2D eigenvalue weighted by Crippen LogP contribution is -2.30. The molecule has 0 radical (unpaired) electrons. The van der Waals surface area contributed by atoms with Crippen molar-refractivity contribution in [3.05, 3.63) is 24.3 Å². The quantitative estimate of drug-likeness (QED) is 0.866. The second-order valence-electron chi connectivity index (χ2n) is 4.25. The molecule has 5 heteroatoms. The standard InChI is InChI=1S/C13H17ClN2O.ClH/c14-10-13(17)15-11-6-2-3-7-12(11)16-8-4-1-5-9-16;/h2-3,6-7H,1,4-5,8-10H2,(H,15,17);1H. The highest BCUT2D eigenvalue weighted by molar-refractivity contribution is 6.29. The van der Waals surface area contributed by atoms with Crippen molar-refractivity contribution in [1.82, 2.24) is 0 Å². The van der Waals surface area contributed by atoms with Gasteiger partial charge in [0.15, 0.2) is 0 Å². The molecule has 0 spiro atoms. The Balaban J connectivity index is 0.00000162. The van der Waals surface area contributed by atoms with Crippen molar-refractivity contribution in [2.75, 3.05) is 29.2 Å². The molecule has 0 aliphatic carbocycles. The maximum Gasteiger partial charge on any atom is 0.239 e. The topological polar surface area (TPSA) is 32.3 Å². The Labute approximate surface area is 119 Å². The summed E-state index contributed by atoms with van der Waals surface area (Å²) in [4.78, 5) is 13.7. The maximum atomic E-state index is 11.4. The SMILES string of the molecule is Cl.O=C(CCl)Nc1ccccc1N1CCCCC1. The van der Waals surface area contributed by atoms with Crippen LogP contribution in [0.5, 0.6) is 0 Å². The summed E-state index contributed by atoms with van der Waals surface area (Å²) in [7, 11) is 0. The van der Waals surface area contributed by atoms with E-state index in [0.29, 0.717) is 0 Å². The first-order chi connectivity index (χ1) is 8.31. The van der Waals surface area contributed by atoms with Gasteiger partial charge < -0.3 is 10.2 Å². The Hall–Kier alpha value is -0.930. The van der Waals surface area contributed by atoms with Gasteiger partial charge in [0.1, 0.15) is 5.88 Å². The van der Waals surface area contributed by atoms with Gasteiger partial charge in [0, 0.05) is 13.1 Å². The number of hydrogen-bond acceptors (Lipinski definition) is 2. The van der Waals surface area contributed by atoms with Crippen LogP contribution in [-0.2, 0) is 4.79 Å². The van der Waals surface area contributed by atoms with Crippen LogP contribution >= 0.6 is 24.0 Å². The first kappa shape index (κ1) is 15.1. The molecular weight excluding hydrogens is 271 g/mol. The van der Waals surface area contributed by atoms with Gasteiger partial charge in [-0.25, -0.2) is 0 Å². The highest BCUT2D eigenvalue weighted by Crippen LogP contribution is 2.28. The van der Waals surface area contributed by atoms with Gasteiger partial charge in [-0.2, -0.15) is 0 Å². The fourth-order valence-corrected chi connectivity index (χ4v) is 2.24. The summed E-state index contributed by atoms with van der Waals surface area (Å²) in [6.45, 7) is 2.13. The first-order valence-electron chi connectivity index (χ1n) is 6.01. The molecule has 1 aromatic rings. The number of halogens is 2. The van der Waals surface area contributed by atoms with Crippen molar-refractivity contribution in [2.24, 2.45) is 0 Å². The average Bonchev–Trinajstić information content (AvgIpc) is 2.40. The van der Waals surface area contributed by atoms with Gasteiger partial charge in [-0.1, -0.05) is 12.1 Å². The molecule has 1 N–H and O–H groups in total. The lowest BCUT2D eigenvalue weighted by molar-refractivity contribution is -0.113. The van der Waals surface area contributed by atoms with Gasteiger partial charge in [0.25, 0.3) is 0 Å². The summed E-state index contributed by atoms with van der Waals surface area (Å²) in [6, 6.07) is 7.90. The number of carbonyl (C=O) groups is 1. The van der Waals surface area contributed by atoms with Crippen LogP contribution in [0.2, 0.25) is 0 Å². The minimum Gasteiger partial charge on any atom is -0.370 e. The van der Waals surface area contributed by atoms with Gasteiger partial charge >= 0.3 is 0 Å². The van der Waals surface area contributed by atoms with Gasteiger partial charge in [-0.05, 0) is 31.4 Å². The van der Waals surface area contributed by atoms with Crippen molar-refractivity contribution in [2.45, 2.75) is 19.3 Å². The number of piperidine rings is 1. The smallest absolute Gasteiger partial charge is 0.239 e. The van der Waals surface area contributed by atoms with Crippen LogP contribution in [-0.4, -0.2) is 24.9 Å². The van der Waals surface area contributed by atoms with E-state index in [1.54, 1.807) is 0 Å². The molecule has 1 saturated heterocycles. The summed E-state index contributed by atoms with van der Waals surface area (Å²) in [5.74, 6) is -0.162. The molecular formula is C13H18Cl2N2O. The number of anilines is 2. The van der Waals surface area contributed by atoms with Crippen molar-refractivity contribution in [1.29, 1.82) is 0 Å². The second-order valence-corrected chi connectivity index (χ2v) is 4.51. The molecule has 0 bridgehead atoms. The molecule has 0 atom stereocenters. The van der Waals surface area contributed by atoms with Crippen molar-refractivity contribution in [3.8, 4) is 0 Å². The summed E-state index contributed by atoms with van der Waals surface area (Å²) in [5, 5.41) is 2.84. The maximum absolute atomic E-state index is 11.4. The summed E-state index contributed by atoms with van der Waals surface area (Å²) in [6.07, 6.45) is 3.74. The highest BCUT2D eigenvalue weighted by Gasteiger charge is 2.14. The Morgan fingerprint density at radius 3 is 2.56 bits per heavy atom. The van der Waals surface area contributed by atoms with Gasteiger partial charge in [0.2, 0.25) is 5.91 Å². The molecule has 0 saturated carbocycles. The molecule has 3 nitrogen and oxygen atoms in total. The number of rotatable bonds is 3. The molecule has 1 aromatic carbocycles. The van der Waals surface area contributed by atoms with Crippen LogP contribution in [0.3, 0.4) is 0 Å². The zero-order valence-corrected chi connectivity index (χ0v) is 11.8. The summed E-state index contributed by atoms with van der Waals surface area (Å²) in [5.41, 5.74) is 1.96. The average molecular weight is 289 g/mol. The molecule has 1 aliphatic heterocycles. The number of alkyl halides is 1. The minimum atomic E-state index is -0.156. The van der Waals surface area contributed by atoms with E-state index in [1.807, 2.05) is 18.2 Å². The van der Waals surface area contributed by atoms with E-state index in [2.05, 4.69) is 16.3 Å². The third kappa shape index (κ3) is 3.79. The van der Waals surface area contributed by atoms with Crippen molar-refractivity contribution < 1.29 is 4.79 Å². The fraction of sp³-hybridized carbons (Fsp3) is 0.462. The van der Waals surface area contributed by atoms with E-state index in [-0.39, 0.29) is 24.2 Å². The van der Waals surface area contributed by atoms with Crippen molar-refractivity contribution in [3.63, 3.8) is 0 Å². The summed E-state index contributed by atoms with van der Waals surface area (Å²) >= 11 is 5.51. The number of para-hydroxylation sites is 2. The Morgan fingerprint density at radius 1 is 1.22 bits per heavy atom. The predicted molar refractivity (Wildman–Crippen MR) is 79.1 cm³/mol. The third-order valence-electron chi connectivity index (χ3n) is 3.00. The molecule has 100 valence electrons. The van der Waals surface area contributed by atoms with Crippen LogP contribution < -0.4 is 10.2 Å². The normalized spacial score (nSPS) is 14.8. The molecule has 1 fully saturated rings. The van der Waals surface area contributed by atoms with Crippen molar-refractivity contribution >= 4 is 41.3 Å². The Bertz CT molecular complexity index is 392. The Morgan fingerprint density at radius 2 is 1.89 bits per heavy atom. The van der Waals surface area contributed by atoms with E-state index < -0.39 is 0 Å². The monoisotopic (exact) mass is 288 g/mol. The first-order valence-corrected chi connectivity index (χ1v) is 6.54. The largest absolute Gasteiger partial charge is 0.370 e. The van der Waals surface area contributed by atoms with Gasteiger partial charge in [-0.3, -0.25) is 4.79 Å². The zero-order valence-electron chi connectivity index (χ0n) is 10.2. The number of nitrogens with one attached hydrogen (secondary N) is 1. The molecule has 1 aliphatic rings. The van der Waals surface area contributed by atoms with Crippen LogP contribution in [0.4, 0.5) is 11.4 Å². The Kier molecular flexibility index (Phi) is 6.30. The van der Waals surface area contributed by atoms with E-state index in [4.69, 9.17) is 11.6 Å². The van der Waals surface area contributed by atoms with E-state index in [0.717, 1.165) is 24.5 Å². The molecule has 2 rings (SSSR count). The van der Waals surface area contributed by atoms with Gasteiger partial charge in [-0.15, -0.1) is 24.0 Å². The number of carbonyl (C=O) groups excluding carboxylic acids is 1.